The topological polar surface area (TPSA) is 64.3 Å². The molecule has 0 aromatic heterocycles. The van der Waals surface area contributed by atoms with Gasteiger partial charge in [-0.2, -0.15) is 0 Å². The molecule has 4 heteroatoms. The van der Waals surface area contributed by atoms with Crippen molar-refractivity contribution < 1.29 is 9.53 Å². The predicted octanol–water partition coefficient (Wildman–Crippen LogP) is 2.93. The van der Waals surface area contributed by atoms with Crippen LogP contribution in [0.4, 0.5) is 5.69 Å². The van der Waals surface area contributed by atoms with Crippen molar-refractivity contribution in [2.24, 2.45) is 11.1 Å². The summed E-state index contributed by atoms with van der Waals surface area (Å²) in [7, 11) is 0. The van der Waals surface area contributed by atoms with E-state index in [1.807, 2.05) is 24.3 Å². The van der Waals surface area contributed by atoms with Crippen LogP contribution in [-0.4, -0.2) is 18.6 Å². The molecule has 0 aliphatic heterocycles. The Kier molecular flexibility index (Phi) is 4.53. The van der Waals surface area contributed by atoms with Gasteiger partial charge in [0, 0.05) is 11.7 Å². The maximum absolute atomic E-state index is 10.6. The first-order valence-corrected chi connectivity index (χ1v) is 7.22. The van der Waals surface area contributed by atoms with E-state index in [9.17, 15) is 4.79 Å². The third-order valence-electron chi connectivity index (χ3n) is 3.95. The Morgan fingerprint density at radius 2 is 1.90 bits per heavy atom. The van der Waals surface area contributed by atoms with Crippen LogP contribution in [0.25, 0.3) is 0 Å². The van der Waals surface area contributed by atoms with Crippen molar-refractivity contribution in [2.75, 3.05) is 11.9 Å². The van der Waals surface area contributed by atoms with Crippen molar-refractivity contribution in [3.05, 3.63) is 24.3 Å². The third kappa shape index (κ3) is 4.44. The van der Waals surface area contributed by atoms with Gasteiger partial charge in [0.05, 0.1) is 0 Å². The molecule has 3 N–H and O–H groups in total. The van der Waals surface area contributed by atoms with Gasteiger partial charge in [-0.05, 0) is 55.4 Å². The molecule has 1 aliphatic carbocycles. The zero-order valence-electron chi connectivity index (χ0n) is 12.3. The molecule has 1 aliphatic rings. The number of nitrogens with two attached hydrogens (primary N) is 1. The summed E-state index contributed by atoms with van der Waals surface area (Å²) in [6.07, 6.45) is 4.97. The second kappa shape index (κ2) is 6.16. The van der Waals surface area contributed by atoms with Crippen molar-refractivity contribution in [1.29, 1.82) is 0 Å². The van der Waals surface area contributed by atoms with Gasteiger partial charge >= 0.3 is 0 Å². The molecule has 2 rings (SSSR count). The first-order valence-electron chi connectivity index (χ1n) is 7.22. The van der Waals surface area contributed by atoms with E-state index in [2.05, 4.69) is 19.2 Å². The SMILES string of the molecule is CC1(C)CCC(Nc2ccc(OCC(N)=O)cc2)CC1. The molecule has 1 saturated carbocycles. The summed E-state index contributed by atoms with van der Waals surface area (Å²) in [6, 6.07) is 8.24. The molecule has 1 aromatic rings. The van der Waals surface area contributed by atoms with Gasteiger partial charge in [0.1, 0.15) is 5.75 Å². The lowest BCUT2D eigenvalue weighted by Crippen LogP contribution is -2.29. The lowest BCUT2D eigenvalue weighted by molar-refractivity contribution is -0.119. The monoisotopic (exact) mass is 276 g/mol. The smallest absolute Gasteiger partial charge is 0.255 e. The van der Waals surface area contributed by atoms with Crippen LogP contribution in [0.2, 0.25) is 0 Å². The van der Waals surface area contributed by atoms with Gasteiger partial charge in [-0.3, -0.25) is 4.79 Å². The van der Waals surface area contributed by atoms with Gasteiger partial charge < -0.3 is 15.8 Å². The van der Waals surface area contributed by atoms with Gasteiger partial charge in [-0.1, -0.05) is 13.8 Å². The van der Waals surface area contributed by atoms with Crippen LogP contribution in [0.3, 0.4) is 0 Å². The van der Waals surface area contributed by atoms with E-state index in [0.717, 1.165) is 5.69 Å². The quantitative estimate of drug-likeness (QED) is 0.869. The van der Waals surface area contributed by atoms with Gasteiger partial charge in [0.2, 0.25) is 0 Å². The molecule has 110 valence electrons. The number of rotatable bonds is 5. The Labute approximate surface area is 120 Å². The van der Waals surface area contributed by atoms with E-state index in [1.165, 1.54) is 25.7 Å². The highest BCUT2D eigenvalue weighted by atomic mass is 16.5. The largest absolute Gasteiger partial charge is 0.484 e. The fraction of sp³-hybridized carbons (Fsp3) is 0.562. The van der Waals surface area contributed by atoms with Gasteiger partial charge in [0.25, 0.3) is 5.91 Å². The van der Waals surface area contributed by atoms with Gasteiger partial charge in [0.15, 0.2) is 6.61 Å². The van der Waals surface area contributed by atoms with Crippen LogP contribution in [0.1, 0.15) is 39.5 Å². The number of carbonyl (C=O) groups excluding carboxylic acids is 1. The normalized spacial score (nSPS) is 18.5. The lowest BCUT2D eigenvalue weighted by Gasteiger charge is -2.35. The minimum absolute atomic E-state index is 0.0789. The molecule has 0 radical (unpaired) electrons. The van der Waals surface area contributed by atoms with E-state index in [-0.39, 0.29) is 6.61 Å². The maximum Gasteiger partial charge on any atom is 0.255 e. The zero-order chi connectivity index (χ0) is 14.6. The molecule has 0 unspecified atom stereocenters. The summed E-state index contributed by atoms with van der Waals surface area (Å²) in [5, 5.41) is 3.56. The Morgan fingerprint density at radius 3 is 2.45 bits per heavy atom. The fourth-order valence-electron chi connectivity index (χ4n) is 2.58. The standard InChI is InChI=1S/C16H24N2O2/c1-16(2)9-7-13(8-10-16)18-12-3-5-14(6-4-12)20-11-15(17)19/h3-6,13,18H,7-11H2,1-2H3,(H2,17,19). The molecule has 1 aromatic carbocycles. The van der Waals surface area contributed by atoms with Crippen molar-refractivity contribution >= 4 is 11.6 Å². The number of carbonyl (C=O) groups is 1. The molecule has 1 amide bonds. The van der Waals surface area contributed by atoms with Gasteiger partial charge in [-0.25, -0.2) is 0 Å². The summed E-state index contributed by atoms with van der Waals surface area (Å²) >= 11 is 0. The van der Waals surface area contributed by atoms with Crippen LogP contribution in [0, 0.1) is 5.41 Å². The second-order valence-corrected chi connectivity index (χ2v) is 6.36. The number of nitrogens with one attached hydrogen (secondary N) is 1. The van der Waals surface area contributed by atoms with Crippen LogP contribution >= 0.6 is 0 Å². The molecule has 0 heterocycles. The molecule has 0 spiro atoms. The number of hydrogen-bond donors (Lipinski definition) is 2. The molecule has 0 bridgehead atoms. The van der Waals surface area contributed by atoms with Crippen LogP contribution in [0.5, 0.6) is 5.75 Å². The minimum atomic E-state index is -0.461. The highest BCUT2D eigenvalue weighted by Gasteiger charge is 2.26. The number of hydrogen-bond acceptors (Lipinski definition) is 3. The first-order chi connectivity index (χ1) is 9.44. The third-order valence-corrected chi connectivity index (χ3v) is 3.95. The van der Waals surface area contributed by atoms with Crippen molar-refractivity contribution in [1.82, 2.24) is 0 Å². The molecule has 0 saturated heterocycles. The average Bonchev–Trinajstić information content (AvgIpc) is 2.40. The molecular weight excluding hydrogens is 252 g/mol. The summed E-state index contributed by atoms with van der Waals surface area (Å²) in [4.78, 5) is 10.6. The zero-order valence-corrected chi connectivity index (χ0v) is 12.3. The number of amides is 1. The summed E-state index contributed by atoms with van der Waals surface area (Å²) in [6.45, 7) is 4.60. The molecule has 0 atom stereocenters. The highest BCUT2D eigenvalue weighted by molar-refractivity contribution is 5.75. The highest BCUT2D eigenvalue weighted by Crippen LogP contribution is 2.36. The summed E-state index contributed by atoms with van der Waals surface area (Å²) in [5.74, 6) is 0.205. The van der Waals surface area contributed by atoms with Crippen molar-refractivity contribution in [3.8, 4) is 5.75 Å². The molecule has 20 heavy (non-hydrogen) atoms. The van der Waals surface area contributed by atoms with Crippen LogP contribution < -0.4 is 15.8 Å². The molecular formula is C16H24N2O2. The second-order valence-electron chi connectivity index (χ2n) is 6.36. The van der Waals surface area contributed by atoms with Gasteiger partial charge in [-0.15, -0.1) is 0 Å². The number of benzene rings is 1. The first kappa shape index (κ1) is 14.7. The van der Waals surface area contributed by atoms with Crippen LogP contribution in [0.15, 0.2) is 24.3 Å². The molecule has 1 fully saturated rings. The Balaban J connectivity index is 1.83. The lowest BCUT2D eigenvalue weighted by atomic mass is 9.75. The number of primary amides is 1. The molecule has 4 nitrogen and oxygen atoms in total. The van der Waals surface area contributed by atoms with Crippen LogP contribution in [-0.2, 0) is 4.79 Å². The average molecular weight is 276 g/mol. The Morgan fingerprint density at radius 1 is 1.30 bits per heavy atom. The Hall–Kier alpha value is -1.71. The Bertz CT molecular complexity index is 444. The van der Waals surface area contributed by atoms with E-state index in [1.54, 1.807) is 0 Å². The number of ether oxygens (including phenoxy) is 1. The minimum Gasteiger partial charge on any atom is -0.484 e. The van der Waals surface area contributed by atoms with Crippen molar-refractivity contribution in [2.45, 2.75) is 45.6 Å². The van der Waals surface area contributed by atoms with E-state index in [0.29, 0.717) is 17.2 Å². The number of anilines is 1. The van der Waals surface area contributed by atoms with E-state index < -0.39 is 5.91 Å². The van der Waals surface area contributed by atoms with Crippen molar-refractivity contribution in [3.63, 3.8) is 0 Å². The summed E-state index contributed by atoms with van der Waals surface area (Å²) in [5.41, 5.74) is 6.63. The van der Waals surface area contributed by atoms with E-state index >= 15 is 0 Å². The summed E-state index contributed by atoms with van der Waals surface area (Å²) < 4.78 is 5.24. The predicted molar refractivity (Wildman–Crippen MR) is 80.8 cm³/mol. The fourth-order valence-corrected chi connectivity index (χ4v) is 2.58. The maximum atomic E-state index is 10.6. The van der Waals surface area contributed by atoms with E-state index in [4.69, 9.17) is 10.5 Å².